The van der Waals surface area contributed by atoms with Crippen LogP contribution in [0.25, 0.3) is 0 Å². The van der Waals surface area contributed by atoms with Gasteiger partial charge in [-0.15, -0.1) is 6.58 Å². The van der Waals surface area contributed by atoms with Gasteiger partial charge in [-0.2, -0.15) is 0 Å². The SMILES string of the molecule is C=CCS(=O)(=O)Nc1cc(C(=O)O)ccn1. The molecule has 1 heterocycles. The summed E-state index contributed by atoms with van der Waals surface area (Å²) in [5, 5.41) is 8.69. The zero-order valence-corrected chi connectivity index (χ0v) is 9.07. The molecule has 6 nitrogen and oxygen atoms in total. The van der Waals surface area contributed by atoms with Crippen molar-refractivity contribution in [1.82, 2.24) is 4.98 Å². The van der Waals surface area contributed by atoms with E-state index >= 15 is 0 Å². The number of anilines is 1. The number of pyridine rings is 1. The van der Waals surface area contributed by atoms with Gasteiger partial charge in [-0.3, -0.25) is 4.72 Å². The summed E-state index contributed by atoms with van der Waals surface area (Å²) in [6.45, 7) is 3.30. The Morgan fingerprint density at radius 2 is 2.31 bits per heavy atom. The second-order valence-corrected chi connectivity index (χ2v) is 4.67. The number of hydrogen-bond donors (Lipinski definition) is 2. The maximum Gasteiger partial charge on any atom is 0.335 e. The summed E-state index contributed by atoms with van der Waals surface area (Å²) in [5.41, 5.74) is -0.0358. The van der Waals surface area contributed by atoms with E-state index in [2.05, 4.69) is 16.3 Å². The van der Waals surface area contributed by atoms with Crippen LogP contribution in [0.2, 0.25) is 0 Å². The molecule has 0 radical (unpaired) electrons. The van der Waals surface area contributed by atoms with Crippen LogP contribution in [0, 0.1) is 0 Å². The molecule has 1 rings (SSSR count). The van der Waals surface area contributed by atoms with E-state index in [1.165, 1.54) is 18.3 Å². The fraction of sp³-hybridized carbons (Fsp3) is 0.111. The highest BCUT2D eigenvalue weighted by molar-refractivity contribution is 7.92. The Kier molecular flexibility index (Phi) is 3.62. The Morgan fingerprint density at radius 3 is 2.88 bits per heavy atom. The van der Waals surface area contributed by atoms with Gasteiger partial charge in [0.1, 0.15) is 5.82 Å². The molecule has 0 atom stereocenters. The minimum absolute atomic E-state index is 0.0262. The highest BCUT2D eigenvalue weighted by Gasteiger charge is 2.10. The number of nitrogens with one attached hydrogen (secondary N) is 1. The highest BCUT2D eigenvalue weighted by atomic mass is 32.2. The zero-order chi connectivity index (χ0) is 12.2. The zero-order valence-electron chi connectivity index (χ0n) is 8.25. The van der Waals surface area contributed by atoms with E-state index in [-0.39, 0.29) is 17.1 Å². The lowest BCUT2D eigenvalue weighted by molar-refractivity contribution is 0.0697. The molecule has 2 N–H and O–H groups in total. The molecule has 1 aromatic rings. The molecule has 86 valence electrons. The summed E-state index contributed by atoms with van der Waals surface area (Å²) in [6, 6.07) is 2.41. The van der Waals surface area contributed by atoms with Crippen LogP contribution in [-0.2, 0) is 10.0 Å². The number of aromatic nitrogens is 1. The van der Waals surface area contributed by atoms with Gasteiger partial charge in [0.2, 0.25) is 10.0 Å². The van der Waals surface area contributed by atoms with Crippen molar-refractivity contribution >= 4 is 21.8 Å². The van der Waals surface area contributed by atoms with E-state index < -0.39 is 16.0 Å². The van der Waals surface area contributed by atoms with Gasteiger partial charge < -0.3 is 5.11 Å². The lowest BCUT2D eigenvalue weighted by Gasteiger charge is -2.05. The topological polar surface area (TPSA) is 96.4 Å². The summed E-state index contributed by atoms with van der Waals surface area (Å²) >= 11 is 0. The number of sulfonamides is 1. The van der Waals surface area contributed by atoms with Gasteiger partial charge in [-0.25, -0.2) is 18.2 Å². The molecule has 0 amide bonds. The van der Waals surface area contributed by atoms with Crippen LogP contribution >= 0.6 is 0 Å². The molecule has 0 aliphatic heterocycles. The smallest absolute Gasteiger partial charge is 0.335 e. The first-order valence-electron chi connectivity index (χ1n) is 4.25. The van der Waals surface area contributed by atoms with Crippen molar-refractivity contribution in [2.45, 2.75) is 0 Å². The fourth-order valence-corrected chi connectivity index (χ4v) is 1.80. The fourth-order valence-electron chi connectivity index (χ4n) is 0.976. The third-order valence-electron chi connectivity index (χ3n) is 1.60. The Hall–Kier alpha value is -1.89. The predicted octanol–water partition coefficient (Wildman–Crippen LogP) is 0.708. The molecule has 0 saturated carbocycles. The normalized spacial score (nSPS) is 10.8. The molecule has 1 aromatic heterocycles. The van der Waals surface area contributed by atoms with Crippen LogP contribution in [-0.4, -0.2) is 30.2 Å². The van der Waals surface area contributed by atoms with E-state index in [9.17, 15) is 13.2 Å². The molecule has 0 aliphatic rings. The number of carboxylic acids is 1. The molecule has 0 aliphatic carbocycles. The van der Waals surface area contributed by atoms with Gasteiger partial charge in [0.05, 0.1) is 11.3 Å². The minimum atomic E-state index is -3.55. The first kappa shape index (κ1) is 12.2. The van der Waals surface area contributed by atoms with Gasteiger partial charge in [0.15, 0.2) is 0 Å². The molecule has 0 saturated heterocycles. The summed E-state index contributed by atoms with van der Waals surface area (Å²) in [4.78, 5) is 14.3. The third kappa shape index (κ3) is 3.35. The standard InChI is InChI=1S/C9H10N2O4S/c1-2-5-16(14,15)11-8-6-7(9(12)13)3-4-10-8/h2-4,6H,1,5H2,(H,10,11)(H,12,13). The van der Waals surface area contributed by atoms with E-state index in [0.717, 1.165) is 6.07 Å². The first-order valence-corrected chi connectivity index (χ1v) is 5.90. The number of nitrogens with zero attached hydrogens (tertiary/aromatic N) is 1. The van der Waals surface area contributed by atoms with Crippen molar-refractivity contribution < 1.29 is 18.3 Å². The van der Waals surface area contributed by atoms with Crippen LogP contribution in [0.5, 0.6) is 0 Å². The first-order chi connectivity index (χ1) is 7.44. The van der Waals surface area contributed by atoms with E-state index in [0.29, 0.717) is 0 Å². The Bertz CT molecular complexity index is 510. The number of hydrogen-bond acceptors (Lipinski definition) is 4. The van der Waals surface area contributed by atoms with E-state index in [4.69, 9.17) is 5.11 Å². The van der Waals surface area contributed by atoms with Crippen LogP contribution in [0.3, 0.4) is 0 Å². The summed E-state index contributed by atoms with van der Waals surface area (Å²) in [7, 11) is -3.55. The lowest BCUT2D eigenvalue weighted by Crippen LogP contribution is -2.16. The summed E-state index contributed by atoms with van der Waals surface area (Å²) in [5.74, 6) is -1.43. The average Bonchev–Trinajstić information content (AvgIpc) is 2.17. The number of aromatic carboxylic acids is 1. The van der Waals surface area contributed by atoms with Gasteiger partial charge in [-0.1, -0.05) is 6.08 Å². The highest BCUT2D eigenvalue weighted by Crippen LogP contribution is 2.08. The largest absolute Gasteiger partial charge is 0.478 e. The monoisotopic (exact) mass is 242 g/mol. The van der Waals surface area contributed by atoms with Gasteiger partial charge in [0.25, 0.3) is 0 Å². The van der Waals surface area contributed by atoms with Crippen LogP contribution in [0.15, 0.2) is 31.0 Å². The van der Waals surface area contributed by atoms with Crippen molar-refractivity contribution in [2.24, 2.45) is 0 Å². The number of carboxylic acid groups (broad SMARTS) is 1. The van der Waals surface area contributed by atoms with Crippen molar-refractivity contribution in [3.63, 3.8) is 0 Å². The molecular formula is C9H10N2O4S. The maximum atomic E-state index is 11.3. The Morgan fingerprint density at radius 1 is 1.62 bits per heavy atom. The van der Waals surface area contributed by atoms with Crippen molar-refractivity contribution in [3.8, 4) is 0 Å². The minimum Gasteiger partial charge on any atom is -0.478 e. The van der Waals surface area contributed by atoms with Crippen LogP contribution in [0.4, 0.5) is 5.82 Å². The van der Waals surface area contributed by atoms with Crippen LogP contribution in [0.1, 0.15) is 10.4 Å². The summed E-state index contributed by atoms with van der Waals surface area (Å²) < 4.78 is 24.8. The Labute approximate surface area is 92.7 Å². The maximum absolute atomic E-state index is 11.3. The molecule has 0 aromatic carbocycles. The molecule has 16 heavy (non-hydrogen) atoms. The molecule has 7 heteroatoms. The molecule has 0 bridgehead atoms. The van der Waals surface area contributed by atoms with Crippen molar-refractivity contribution in [2.75, 3.05) is 10.5 Å². The molecule has 0 spiro atoms. The molecular weight excluding hydrogens is 232 g/mol. The van der Waals surface area contributed by atoms with Crippen LogP contribution < -0.4 is 4.72 Å². The van der Waals surface area contributed by atoms with E-state index in [1.807, 2.05) is 0 Å². The predicted molar refractivity (Wildman–Crippen MR) is 58.8 cm³/mol. The third-order valence-corrected chi connectivity index (χ3v) is 2.80. The van der Waals surface area contributed by atoms with Crippen molar-refractivity contribution in [1.29, 1.82) is 0 Å². The van der Waals surface area contributed by atoms with Gasteiger partial charge in [-0.05, 0) is 12.1 Å². The average molecular weight is 242 g/mol. The van der Waals surface area contributed by atoms with E-state index in [1.54, 1.807) is 0 Å². The molecule has 0 unspecified atom stereocenters. The lowest BCUT2D eigenvalue weighted by atomic mass is 10.3. The molecule has 0 fully saturated rings. The van der Waals surface area contributed by atoms with Gasteiger partial charge in [0, 0.05) is 6.20 Å². The number of rotatable bonds is 5. The summed E-state index contributed by atoms with van der Waals surface area (Å²) in [6.07, 6.45) is 2.44. The second-order valence-electron chi connectivity index (χ2n) is 2.91. The van der Waals surface area contributed by atoms with Crippen molar-refractivity contribution in [3.05, 3.63) is 36.5 Å². The second kappa shape index (κ2) is 4.75. The number of carbonyl (C=O) groups is 1. The Balaban J connectivity index is 2.94. The van der Waals surface area contributed by atoms with Gasteiger partial charge >= 0.3 is 5.97 Å². The quantitative estimate of drug-likeness (QED) is 0.741.